The first-order chi connectivity index (χ1) is 7.50. The Kier molecular flexibility index (Phi) is 2.72. The van der Waals surface area contributed by atoms with Crippen LogP contribution in [0.2, 0.25) is 0 Å². The van der Waals surface area contributed by atoms with Crippen LogP contribution in [0.15, 0.2) is 24.3 Å². The third-order valence-electron chi connectivity index (χ3n) is 2.74. The Labute approximate surface area is 96.5 Å². The molecule has 1 heterocycles. The van der Waals surface area contributed by atoms with E-state index in [-0.39, 0.29) is 11.4 Å². The van der Waals surface area contributed by atoms with E-state index in [1.807, 2.05) is 23.1 Å². The second kappa shape index (κ2) is 3.91. The number of para-hydroxylation sites is 1. The summed E-state index contributed by atoms with van der Waals surface area (Å²) < 4.78 is 0. The molecule has 16 heavy (non-hydrogen) atoms. The molecule has 0 bridgehead atoms. The predicted molar refractivity (Wildman–Crippen MR) is 65.4 cm³/mol. The Bertz CT molecular complexity index is 407. The number of nitrogens with zero attached hydrogens (tertiary/aromatic N) is 1. The number of amides is 1. The van der Waals surface area contributed by atoms with Crippen LogP contribution in [0.5, 0.6) is 0 Å². The van der Waals surface area contributed by atoms with Gasteiger partial charge in [-0.1, -0.05) is 18.2 Å². The summed E-state index contributed by atoms with van der Waals surface area (Å²) in [6, 6.07) is 8.08. The van der Waals surface area contributed by atoms with Gasteiger partial charge in [0.15, 0.2) is 0 Å². The maximum absolute atomic E-state index is 12.1. The van der Waals surface area contributed by atoms with Crippen LogP contribution < -0.4 is 10.2 Å². The van der Waals surface area contributed by atoms with E-state index in [0.29, 0.717) is 6.54 Å². The number of hydrogen-bond acceptors (Lipinski definition) is 2. The van der Waals surface area contributed by atoms with Crippen LogP contribution in [0.3, 0.4) is 0 Å². The molecule has 0 aromatic heterocycles. The normalized spacial score (nSPS) is 16.9. The zero-order valence-corrected chi connectivity index (χ0v) is 10.1. The van der Waals surface area contributed by atoms with Crippen molar-refractivity contribution in [2.45, 2.75) is 32.9 Å². The molecule has 1 aromatic carbocycles. The fourth-order valence-corrected chi connectivity index (χ4v) is 2.13. The largest absolute Gasteiger partial charge is 0.306 e. The van der Waals surface area contributed by atoms with Crippen molar-refractivity contribution in [3.8, 4) is 0 Å². The molecule has 86 valence electrons. The maximum Gasteiger partial charge on any atom is 0.241 e. The maximum atomic E-state index is 12.1. The van der Waals surface area contributed by atoms with Crippen LogP contribution >= 0.6 is 0 Å². The van der Waals surface area contributed by atoms with Crippen LogP contribution in [0.4, 0.5) is 5.69 Å². The molecule has 1 aliphatic heterocycles. The van der Waals surface area contributed by atoms with Gasteiger partial charge in [0.05, 0.1) is 6.54 Å². The molecule has 0 radical (unpaired) electrons. The lowest BCUT2D eigenvalue weighted by molar-refractivity contribution is -0.118. The van der Waals surface area contributed by atoms with Gasteiger partial charge in [0.1, 0.15) is 0 Å². The molecule has 0 fully saturated rings. The molecule has 0 aliphatic carbocycles. The van der Waals surface area contributed by atoms with Crippen molar-refractivity contribution in [1.82, 2.24) is 5.32 Å². The predicted octanol–water partition coefficient (Wildman–Crippen LogP) is 1.92. The highest BCUT2D eigenvalue weighted by Crippen LogP contribution is 2.28. The average Bonchev–Trinajstić information content (AvgIpc) is 2.34. The van der Waals surface area contributed by atoms with Crippen LogP contribution in [0.25, 0.3) is 0 Å². The van der Waals surface area contributed by atoms with E-state index in [4.69, 9.17) is 0 Å². The molecular weight excluding hydrogens is 200 g/mol. The first kappa shape index (κ1) is 11.1. The summed E-state index contributed by atoms with van der Waals surface area (Å²) in [5.41, 5.74) is 2.03. The second-order valence-electron chi connectivity index (χ2n) is 5.13. The first-order valence-electron chi connectivity index (χ1n) is 5.62. The number of hydrogen-bond donors (Lipinski definition) is 1. The van der Waals surface area contributed by atoms with Gasteiger partial charge >= 0.3 is 0 Å². The summed E-state index contributed by atoms with van der Waals surface area (Å²) in [6.07, 6.45) is 0. The van der Waals surface area contributed by atoms with Crippen molar-refractivity contribution in [2.24, 2.45) is 0 Å². The first-order valence-corrected chi connectivity index (χ1v) is 5.62. The van der Waals surface area contributed by atoms with Crippen molar-refractivity contribution < 1.29 is 4.79 Å². The monoisotopic (exact) mass is 218 g/mol. The Morgan fingerprint density at radius 2 is 1.88 bits per heavy atom. The van der Waals surface area contributed by atoms with Gasteiger partial charge in [-0.15, -0.1) is 0 Å². The quantitative estimate of drug-likeness (QED) is 0.721. The van der Waals surface area contributed by atoms with E-state index in [1.54, 1.807) is 0 Å². The minimum Gasteiger partial charge on any atom is -0.306 e. The minimum atomic E-state index is -0.181. The molecule has 3 nitrogen and oxygen atoms in total. The summed E-state index contributed by atoms with van der Waals surface area (Å²) in [5.74, 6) is 0.137. The molecule has 0 spiro atoms. The minimum absolute atomic E-state index is 0.137. The standard InChI is InChI=1S/C13H18N2O/c1-13(2,3)15-11-7-5-4-6-10(11)8-14-9-12(15)16/h4-7,14H,8-9H2,1-3H3. The van der Waals surface area contributed by atoms with Gasteiger partial charge in [-0.3, -0.25) is 4.79 Å². The fourth-order valence-electron chi connectivity index (χ4n) is 2.13. The summed E-state index contributed by atoms with van der Waals surface area (Å²) in [7, 11) is 0. The zero-order chi connectivity index (χ0) is 11.8. The van der Waals surface area contributed by atoms with Crippen molar-refractivity contribution in [3.05, 3.63) is 29.8 Å². The van der Waals surface area contributed by atoms with E-state index < -0.39 is 0 Å². The van der Waals surface area contributed by atoms with E-state index in [2.05, 4.69) is 32.2 Å². The van der Waals surface area contributed by atoms with Crippen molar-refractivity contribution in [2.75, 3.05) is 11.4 Å². The molecular formula is C13H18N2O. The van der Waals surface area contributed by atoms with Gasteiger partial charge in [-0.05, 0) is 32.4 Å². The molecule has 1 aromatic rings. The average molecular weight is 218 g/mol. The van der Waals surface area contributed by atoms with Crippen molar-refractivity contribution in [1.29, 1.82) is 0 Å². The van der Waals surface area contributed by atoms with Crippen molar-refractivity contribution in [3.63, 3.8) is 0 Å². The molecule has 1 amide bonds. The third-order valence-corrected chi connectivity index (χ3v) is 2.74. The summed E-state index contributed by atoms with van der Waals surface area (Å²) in [6.45, 7) is 7.35. The van der Waals surface area contributed by atoms with Crippen LogP contribution in [-0.2, 0) is 11.3 Å². The number of benzene rings is 1. The molecule has 0 unspecified atom stereocenters. The number of carbonyl (C=O) groups is 1. The lowest BCUT2D eigenvalue weighted by atomic mass is 10.0. The summed E-state index contributed by atoms with van der Waals surface area (Å²) >= 11 is 0. The Balaban J connectivity index is 2.52. The number of anilines is 1. The molecule has 0 saturated carbocycles. The SMILES string of the molecule is CC(C)(C)N1C(=O)CNCc2ccccc21. The van der Waals surface area contributed by atoms with Crippen LogP contribution in [0.1, 0.15) is 26.3 Å². The molecule has 1 N–H and O–H groups in total. The number of fused-ring (bicyclic) bond motifs is 1. The second-order valence-corrected chi connectivity index (χ2v) is 5.13. The zero-order valence-electron chi connectivity index (χ0n) is 10.1. The summed E-state index contributed by atoms with van der Waals surface area (Å²) in [5, 5.41) is 3.16. The number of rotatable bonds is 0. The smallest absolute Gasteiger partial charge is 0.241 e. The van der Waals surface area contributed by atoms with Gasteiger partial charge in [-0.2, -0.15) is 0 Å². The Morgan fingerprint density at radius 3 is 2.56 bits per heavy atom. The van der Waals surface area contributed by atoms with Gasteiger partial charge in [0.2, 0.25) is 5.91 Å². The van der Waals surface area contributed by atoms with Gasteiger partial charge in [-0.25, -0.2) is 0 Å². The number of carbonyl (C=O) groups excluding carboxylic acids is 1. The van der Waals surface area contributed by atoms with E-state index >= 15 is 0 Å². The van der Waals surface area contributed by atoms with Crippen LogP contribution in [0, 0.1) is 0 Å². The summed E-state index contributed by atoms with van der Waals surface area (Å²) in [4.78, 5) is 14.0. The lowest BCUT2D eigenvalue weighted by Gasteiger charge is -2.35. The van der Waals surface area contributed by atoms with Crippen LogP contribution in [-0.4, -0.2) is 18.0 Å². The molecule has 3 heteroatoms. The van der Waals surface area contributed by atoms with E-state index in [1.165, 1.54) is 5.56 Å². The molecule has 0 saturated heterocycles. The Morgan fingerprint density at radius 1 is 1.19 bits per heavy atom. The van der Waals surface area contributed by atoms with Crippen molar-refractivity contribution >= 4 is 11.6 Å². The molecule has 2 rings (SSSR count). The van der Waals surface area contributed by atoms with E-state index in [9.17, 15) is 4.79 Å². The van der Waals surface area contributed by atoms with Gasteiger partial charge in [0, 0.05) is 17.8 Å². The highest BCUT2D eigenvalue weighted by Gasteiger charge is 2.30. The topological polar surface area (TPSA) is 32.3 Å². The van der Waals surface area contributed by atoms with E-state index in [0.717, 1.165) is 12.2 Å². The Hall–Kier alpha value is -1.35. The van der Waals surface area contributed by atoms with Gasteiger partial charge < -0.3 is 10.2 Å². The lowest BCUT2D eigenvalue weighted by Crippen LogP contribution is -2.48. The molecule has 0 atom stereocenters. The number of nitrogens with one attached hydrogen (secondary N) is 1. The highest BCUT2D eigenvalue weighted by atomic mass is 16.2. The third kappa shape index (κ3) is 1.95. The molecule has 1 aliphatic rings. The van der Waals surface area contributed by atoms with Gasteiger partial charge in [0.25, 0.3) is 0 Å². The highest BCUT2D eigenvalue weighted by molar-refractivity contribution is 5.97. The fraction of sp³-hybridized carbons (Fsp3) is 0.462.